The molecule has 106 valence electrons. The van der Waals surface area contributed by atoms with Gasteiger partial charge in [0.15, 0.2) is 0 Å². The molecule has 0 amide bonds. The van der Waals surface area contributed by atoms with Crippen LogP contribution >= 0.6 is 0 Å². The highest BCUT2D eigenvalue weighted by Gasteiger charge is 2.30. The summed E-state index contributed by atoms with van der Waals surface area (Å²) in [5.41, 5.74) is 0. The summed E-state index contributed by atoms with van der Waals surface area (Å²) in [6.45, 7) is 9.74. The van der Waals surface area contributed by atoms with Crippen LogP contribution in [0.15, 0.2) is 0 Å². The van der Waals surface area contributed by atoms with Crippen LogP contribution in [0.5, 0.6) is 0 Å². The second kappa shape index (κ2) is 7.49. The predicted molar refractivity (Wildman–Crippen MR) is 78.9 cm³/mol. The fourth-order valence-corrected chi connectivity index (χ4v) is 3.73. The van der Waals surface area contributed by atoms with E-state index in [4.69, 9.17) is 0 Å². The van der Waals surface area contributed by atoms with Crippen LogP contribution in [0, 0.1) is 11.8 Å². The van der Waals surface area contributed by atoms with Gasteiger partial charge in [-0.05, 0) is 44.1 Å². The maximum absolute atomic E-state index is 3.62. The van der Waals surface area contributed by atoms with Crippen LogP contribution in [-0.4, -0.2) is 37.1 Å². The molecule has 0 aromatic rings. The van der Waals surface area contributed by atoms with Crippen molar-refractivity contribution in [3.05, 3.63) is 0 Å². The van der Waals surface area contributed by atoms with Gasteiger partial charge in [0.1, 0.15) is 0 Å². The van der Waals surface area contributed by atoms with Gasteiger partial charge < -0.3 is 5.32 Å². The summed E-state index contributed by atoms with van der Waals surface area (Å²) in [6.07, 6.45) is 10.2. The molecule has 1 saturated carbocycles. The molecular weight excluding hydrogens is 220 g/mol. The average molecular weight is 252 g/mol. The standard InChI is InChI=1S/C16H32N2/c1-14(2)7-6-11-18-12-10-17-13-16(18)15-8-4-3-5-9-15/h14-17H,3-13H2,1-2H3. The number of piperazine rings is 1. The van der Waals surface area contributed by atoms with Crippen molar-refractivity contribution in [1.82, 2.24) is 10.2 Å². The first-order valence-electron chi connectivity index (χ1n) is 8.22. The van der Waals surface area contributed by atoms with Gasteiger partial charge in [-0.3, -0.25) is 4.90 Å². The van der Waals surface area contributed by atoms with Gasteiger partial charge in [-0.25, -0.2) is 0 Å². The summed E-state index contributed by atoms with van der Waals surface area (Å²) >= 11 is 0. The first-order chi connectivity index (χ1) is 8.77. The Labute approximate surface area is 114 Å². The van der Waals surface area contributed by atoms with Crippen molar-refractivity contribution in [2.75, 3.05) is 26.2 Å². The molecule has 2 fully saturated rings. The smallest absolute Gasteiger partial charge is 0.0249 e. The molecule has 0 aromatic carbocycles. The van der Waals surface area contributed by atoms with Crippen LogP contribution in [0.3, 0.4) is 0 Å². The second-order valence-electron chi connectivity index (χ2n) is 6.74. The fourth-order valence-electron chi connectivity index (χ4n) is 3.73. The minimum absolute atomic E-state index is 0.839. The van der Waals surface area contributed by atoms with Crippen LogP contribution in [0.4, 0.5) is 0 Å². The quantitative estimate of drug-likeness (QED) is 0.808. The van der Waals surface area contributed by atoms with Gasteiger partial charge in [0, 0.05) is 25.7 Å². The maximum Gasteiger partial charge on any atom is 0.0249 e. The molecule has 1 atom stereocenters. The maximum atomic E-state index is 3.62. The van der Waals surface area contributed by atoms with E-state index in [1.54, 1.807) is 0 Å². The highest BCUT2D eigenvalue weighted by atomic mass is 15.2. The van der Waals surface area contributed by atoms with Crippen LogP contribution in [0.25, 0.3) is 0 Å². The topological polar surface area (TPSA) is 15.3 Å². The molecular formula is C16H32N2. The molecule has 2 aliphatic rings. The Balaban J connectivity index is 1.80. The summed E-state index contributed by atoms with van der Waals surface area (Å²) in [5, 5.41) is 3.62. The second-order valence-corrected chi connectivity index (χ2v) is 6.74. The zero-order valence-corrected chi connectivity index (χ0v) is 12.5. The van der Waals surface area contributed by atoms with Crippen LogP contribution in [0.1, 0.15) is 58.8 Å². The molecule has 0 bridgehead atoms. The molecule has 2 heteroatoms. The van der Waals surface area contributed by atoms with E-state index in [2.05, 4.69) is 24.1 Å². The Morgan fingerprint density at radius 1 is 1.17 bits per heavy atom. The third-order valence-corrected chi connectivity index (χ3v) is 4.82. The first kappa shape index (κ1) is 14.3. The normalized spacial score (nSPS) is 27.8. The summed E-state index contributed by atoms with van der Waals surface area (Å²) in [7, 11) is 0. The molecule has 1 N–H and O–H groups in total. The minimum Gasteiger partial charge on any atom is -0.314 e. The van der Waals surface area contributed by atoms with Crippen molar-refractivity contribution in [2.24, 2.45) is 11.8 Å². The van der Waals surface area contributed by atoms with Crippen LogP contribution in [-0.2, 0) is 0 Å². The van der Waals surface area contributed by atoms with E-state index in [0.29, 0.717) is 0 Å². The fraction of sp³-hybridized carbons (Fsp3) is 1.00. The van der Waals surface area contributed by atoms with Crippen molar-refractivity contribution >= 4 is 0 Å². The van der Waals surface area contributed by atoms with Gasteiger partial charge in [-0.1, -0.05) is 33.1 Å². The molecule has 1 aliphatic carbocycles. The van der Waals surface area contributed by atoms with E-state index in [1.807, 2.05) is 0 Å². The number of hydrogen-bond acceptors (Lipinski definition) is 2. The first-order valence-corrected chi connectivity index (χ1v) is 8.22. The molecule has 18 heavy (non-hydrogen) atoms. The summed E-state index contributed by atoms with van der Waals surface area (Å²) < 4.78 is 0. The summed E-state index contributed by atoms with van der Waals surface area (Å²) in [4.78, 5) is 2.80. The van der Waals surface area contributed by atoms with Crippen LogP contribution in [0.2, 0.25) is 0 Å². The van der Waals surface area contributed by atoms with Crippen LogP contribution < -0.4 is 5.32 Å². The van der Waals surface area contributed by atoms with Crippen molar-refractivity contribution in [3.8, 4) is 0 Å². The van der Waals surface area contributed by atoms with Gasteiger partial charge in [0.2, 0.25) is 0 Å². The highest BCUT2D eigenvalue weighted by molar-refractivity contribution is 4.86. The largest absolute Gasteiger partial charge is 0.314 e. The number of hydrogen-bond donors (Lipinski definition) is 1. The zero-order chi connectivity index (χ0) is 12.8. The number of rotatable bonds is 5. The lowest BCUT2D eigenvalue weighted by molar-refractivity contribution is 0.0900. The van der Waals surface area contributed by atoms with E-state index in [0.717, 1.165) is 17.9 Å². The van der Waals surface area contributed by atoms with Crippen molar-refractivity contribution < 1.29 is 0 Å². The highest BCUT2D eigenvalue weighted by Crippen LogP contribution is 2.29. The predicted octanol–water partition coefficient (Wildman–Crippen LogP) is 3.28. The Morgan fingerprint density at radius 3 is 2.67 bits per heavy atom. The van der Waals surface area contributed by atoms with E-state index in [-0.39, 0.29) is 0 Å². The average Bonchev–Trinajstić information content (AvgIpc) is 2.40. The SMILES string of the molecule is CC(C)CCCN1CCNCC1C1CCCCC1. The van der Waals surface area contributed by atoms with Crippen molar-refractivity contribution in [1.29, 1.82) is 0 Å². The van der Waals surface area contributed by atoms with Gasteiger partial charge in [-0.2, -0.15) is 0 Å². The van der Waals surface area contributed by atoms with E-state index >= 15 is 0 Å². The molecule has 2 nitrogen and oxygen atoms in total. The Kier molecular flexibility index (Phi) is 5.97. The van der Waals surface area contributed by atoms with Crippen molar-refractivity contribution in [2.45, 2.75) is 64.8 Å². The molecule has 0 radical (unpaired) electrons. The summed E-state index contributed by atoms with van der Waals surface area (Å²) in [6, 6.07) is 0.839. The molecule has 2 rings (SSSR count). The molecule has 1 saturated heterocycles. The molecule has 0 spiro atoms. The monoisotopic (exact) mass is 252 g/mol. The lowest BCUT2D eigenvalue weighted by Gasteiger charge is -2.42. The van der Waals surface area contributed by atoms with Gasteiger partial charge in [0.25, 0.3) is 0 Å². The van der Waals surface area contributed by atoms with E-state index in [9.17, 15) is 0 Å². The van der Waals surface area contributed by atoms with Gasteiger partial charge in [0.05, 0.1) is 0 Å². The number of nitrogens with zero attached hydrogens (tertiary/aromatic N) is 1. The lowest BCUT2D eigenvalue weighted by atomic mass is 9.82. The van der Waals surface area contributed by atoms with Crippen molar-refractivity contribution in [3.63, 3.8) is 0 Å². The number of nitrogens with one attached hydrogen (secondary N) is 1. The van der Waals surface area contributed by atoms with Gasteiger partial charge in [-0.15, -0.1) is 0 Å². The molecule has 0 aromatic heterocycles. The molecule has 1 unspecified atom stereocenters. The Morgan fingerprint density at radius 2 is 1.94 bits per heavy atom. The molecule has 1 heterocycles. The van der Waals surface area contributed by atoms with E-state index < -0.39 is 0 Å². The Hall–Kier alpha value is -0.0800. The molecule has 1 aliphatic heterocycles. The zero-order valence-electron chi connectivity index (χ0n) is 12.5. The third kappa shape index (κ3) is 4.24. The van der Waals surface area contributed by atoms with Gasteiger partial charge >= 0.3 is 0 Å². The lowest BCUT2D eigenvalue weighted by Crippen LogP contribution is -2.54. The summed E-state index contributed by atoms with van der Waals surface area (Å²) in [5.74, 6) is 1.84. The third-order valence-electron chi connectivity index (χ3n) is 4.82. The van der Waals surface area contributed by atoms with E-state index in [1.165, 1.54) is 71.1 Å². The Bertz CT molecular complexity index is 221. The minimum atomic E-state index is 0.839.